The van der Waals surface area contributed by atoms with Gasteiger partial charge in [-0.15, -0.1) is 22.9 Å². The quantitative estimate of drug-likeness (QED) is 0.597. The summed E-state index contributed by atoms with van der Waals surface area (Å²) in [6.07, 6.45) is 0. The molecule has 1 heterocycles. The molecule has 0 bridgehead atoms. The summed E-state index contributed by atoms with van der Waals surface area (Å²) in [6.45, 7) is 4.61. The van der Waals surface area contributed by atoms with Gasteiger partial charge in [0.05, 0.1) is 8.45 Å². The number of hydrogen-bond donors (Lipinski definition) is 0. The lowest BCUT2D eigenvalue weighted by Gasteiger charge is -2.25. The van der Waals surface area contributed by atoms with Crippen molar-refractivity contribution in [1.82, 2.24) is 4.90 Å². The molecule has 0 saturated heterocycles. The third kappa shape index (κ3) is 3.60. The van der Waals surface area contributed by atoms with E-state index in [9.17, 15) is 4.79 Å². The molecule has 0 aromatic carbocycles. The molecular weight excluding hydrogens is 345 g/mol. The van der Waals surface area contributed by atoms with E-state index >= 15 is 0 Å². The topological polar surface area (TPSA) is 20.3 Å². The van der Waals surface area contributed by atoms with E-state index in [1.54, 1.807) is 16.2 Å². The molecule has 5 heteroatoms. The predicted molar refractivity (Wildman–Crippen MR) is 73.9 cm³/mol. The molecule has 1 aromatic heterocycles. The van der Waals surface area contributed by atoms with Crippen LogP contribution in [0.25, 0.3) is 0 Å². The van der Waals surface area contributed by atoms with Gasteiger partial charge < -0.3 is 4.90 Å². The van der Waals surface area contributed by atoms with Gasteiger partial charge in [0.15, 0.2) is 0 Å². The second kappa shape index (κ2) is 6.06. The minimum absolute atomic E-state index is 0.0739. The number of hydrogen-bond acceptors (Lipinski definition) is 2. The fourth-order valence-electron chi connectivity index (χ4n) is 1.27. The van der Waals surface area contributed by atoms with E-state index in [2.05, 4.69) is 22.6 Å². The van der Waals surface area contributed by atoms with Crippen molar-refractivity contribution in [3.63, 3.8) is 0 Å². The molecule has 0 aliphatic carbocycles. The van der Waals surface area contributed by atoms with Gasteiger partial charge in [-0.3, -0.25) is 4.79 Å². The number of carbonyl (C=O) groups excluding carboxylic acids is 1. The van der Waals surface area contributed by atoms with Gasteiger partial charge in [-0.25, -0.2) is 0 Å². The van der Waals surface area contributed by atoms with Crippen molar-refractivity contribution in [3.05, 3.63) is 19.9 Å². The number of thiophene rings is 1. The van der Waals surface area contributed by atoms with Crippen LogP contribution in [0.2, 0.25) is 0 Å². The molecular formula is C10H13ClINOS. The van der Waals surface area contributed by atoms with Crippen molar-refractivity contribution in [2.75, 3.05) is 12.4 Å². The minimum atomic E-state index is 0.0739. The van der Waals surface area contributed by atoms with Crippen LogP contribution in [0.15, 0.2) is 11.4 Å². The second-order valence-corrected chi connectivity index (χ2v) is 6.60. The Kier molecular flexibility index (Phi) is 5.35. The van der Waals surface area contributed by atoms with Crippen molar-refractivity contribution in [2.24, 2.45) is 0 Å². The summed E-state index contributed by atoms with van der Waals surface area (Å²) in [5.41, 5.74) is 0.767. The van der Waals surface area contributed by atoms with Crippen molar-refractivity contribution in [1.29, 1.82) is 0 Å². The van der Waals surface area contributed by atoms with Gasteiger partial charge in [0, 0.05) is 23.8 Å². The Balaban J connectivity index is 2.80. The molecule has 0 N–H and O–H groups in total. The average molecular weight is 358 g/mol. The lowest BCUT2D eigenvalue weighted by molar-refractivity contribution is 0.0719. The maximum Gasteiger partial charge on any atom is 0.255 e. The zero-order chi connectivity index (χ0) is 11.4. The molecule has 0 fully saturated rings. The summed E-state index contributed by atoms with van der Waals surface area (Å²) >= 11 is 9.49. The van der Waals surface area contributed by atoms with E-state index in [0.29, 0.717) is 12.4 Å². The summed E-state index contributed by atoms with van der Waals surface area (Å²) in [6, 6.07) is 2.10. The predicted octanol–water partition coefficient (Wildman–Crippen LogP) is 3.44. The van der Waals surface area contributed by atoms with Crippen molar-refractivity contribution in [2.45, 2.75) is 19.9 Å². The van der Waals surface area contributed by atoms with Crippen LogP contribution in [-0.2, 0) is 0 Å². The van der Waals surface area contributed by atoms with Crippen LogP contribution in [0, 0.1) is 2.88 Å². The Morgan fingerprint density at radius 3 is 2.73 bits per heavy atom. The summed E-state index contributed by atoms with van der Waals surface area (Å²) in [5, 5.41) is 1.90. The van der Waals surface area contributed by atoms with Gasteiger partial charge in [0.2, 0.25) is 0 Å². The number of alkyl halides is 1. The Labute approximate surface area is 113 Å². The standard InChI is InChI=1S/C10H13ClINOS/c1-7(2)13(4-3-11)10(14)8-5-9(12)15-6-8/h5-7H,3-4H2,1-2H3. The van der Waals surface area contributed by atoms with Crippen LogP contribution >= 0.6 is 45.5 Å². The highest BCUT2D eigenvalue weighted by molar-refractivity contribution is 14.1. The molecule has 0 aliphatic rings. The Hall–Kier alpha value is 0.190. The van der Waals surface area contributed by atoms with Crippen LogP contribution in [-0.4, -0.2) is 29.3 Å². The smallest absolute Gasteiger partial charge is 0.255 e. The van der Waals surface area contributed by atoms with E-state index in [1.807, 2.05) is 25.3 Å². The first-order valence-electron chi connectivity index (χ1n) is 4.67. The first kappa shape index (κ1) is 13.3. The molecule has 2 nitrogen and oxygen atoms in total. The zero-order valence-electron chi connectivity index (χ0n) is 8.67. The molecule has 0 aliphatic heterocycles. The van der Waals surface area contributed by atoms with Crippen LogP contribution in [0.3, 0.4) is 0 Å². The fourth-order valence-corrected chi connectivity index (χ4v) is 2.78. The normalized spacial score (nSPS) is 10.7. The lowest BCUT2D eigenvalue weighted by Crippen LogP contribution is -2.38. The maximum absolute atomic E-state index is 12.1. The molecule has 1 aromatic rings. The fraction of sp³-hybridized carbons (Fsp3) is 0.500. The summed E-state index contributed by atoms with van der Waals surface area (Å²) in [5.74, 6) is 0.551. The Bertz CT molecular complexity index is 340. The number of halogens is 2. The van der Waals surface area contributed by atoms with Gasteiger partial charge in [0.25, 0.3) is 5.91 Å². The Morgan fingerprint density at radius 2 is 2.33 bits per heavy atom. The maximum atomic E-state index is 12.1. The monoisotopic (exact) mass is 357 g/mol. The van der Waals surface area contributed by atoms with Crippen molar-refractivity contribution in [3.8, 4) is 0 Å². The highest BCUT2D eigenvalue weighted by Gasteiger charge is 2.18. The van der Waals surface area contributed by atoms with Crippen LogP contribution < -0.4 is 0 Å². The molecule has 0 spiro atoms. The number of nitrogens with zero attached hydrogens (tertiary/aromatic N) is 1. The Morgan fingerprint density at radius 1 is 1.67 bits per heavy atom. The molecule has 0 unspecified atom stereocenters. The van der Waals surface area contributed by atoms with Crippen molar-refractivity contribution >= 4 is 51.4 Å². The van der Waals surface area contributed by atoms with E-state index in [-0.39, 0.29) is 11.9 Å². The van der Waals surface area contributed by atoms with Crippen LogP contribution in [0.5, 0.6) is 0 Å². The largest absolute Gasteiger partial charge is 0.335 e. The number of rotatable bonds is 4. The first-order valence-corrected chi connectivity index (χ1v) is 7.16. The zero-order valence-corrected chi connectivity index (χ0v) is 12.4. The second-order valence-electron chi connectivity index (χ2n) is 3.42. The molecule has 0 radical (unpaired) electrons. The third-order valence-corrected chi connectivity index (χ3v) is 3.98. The highest BCUT2D eigenvalue weighted by atomic mass is 127. The van der Waals surface area contributed by atoms with Crippen LogP contribution in [0.4, 0.5) is 0 Å². The molecule has 0 saturated carbocycles. The average Bonchev–Trinajstić information content (AvgIpc) is 2.59. The highest BCUT2D eigenvalue weighted by Crippen LogP contribution is 2.19. The molecule has 0 atom stereocenters. The van der Waals surface area contributed by atoms with Gasteiger partial charge in [-0.05, 0) is 42.5 Å². The van der Waals surface area contributed by atoms with Gasteiger partial charge in [-0.1, -0.05) is 0 Å². The lowest BCUT2D eigenvalue weighted by atomic mass is 10.2. The molecule has 1 rings (SSSR count). The van der Waals surface area contributed by atoms with Crippen LogP contribution in [0.1, 0.15) is 24.2 Å². The minimum Gasteiger partial charge on any atom is -0.335 e. The number of amides is 1. The van der Waals surface area contributed by atoms with E-state index in [1.165, 1.54) is 0 Å². The molecule has 15 heavy (non-hydrogen) atoms. The number of carbonyl (C=O) groups is 1. The van der Waals surface area contributed by atoms with E-state index in [4.69, 9.17) is 11.6 Å². The van der Waals surface area contributed by atoms with Gasteiger partial charge >= 0.3 is 0 Å². The molecule has 1 amide bonds. The SMILES string of the molecule is CC(C)N(CCCl)C(=O)c1csc(I)c1. The van der Waals surface area contributed by atoms with Gasteiger partial charge in [0.1, 0.15) is 0 Å². The molecule has 84 valence electrons. The van der Waals surface area contributed by atoms with E-state index in [0.717, 1.165) is 8.45 Å². The third-order valence-electron chi connectivity index (χ3n) is 2.02. The summed E-state index contributed by atoms with van der Waals surface area (Å²) < 4.78 is 1.13. The van der Waals surface area contributed by atoms with Crippen molar-refractivity contribution < 1.29 is 4.79 Å². The summed E-state index contributed by atoms with van der Waals surface area (Å²) in [7, 11) is 0. The van der Waals surface area contributed by atoms with E-state index < -0.39 is 0 Å². The van der Waals surface area contributed by atoms with Gasteiger partial charge in [-0.2, -0.15) is 0 Å². The summed E-state index contributed by atoms with van der Waals surface area (Å²) in [4.78, 5) is 13.9. The first-order chi connectivity index (χ1) is 7.06.